The van der Waals surface area contributed by atoms with Crippen molar-refractivity contribution in [3.05, 3.63) is 81.2 Å². The number of aromatic nitrogens is 2. The van der Waals surface area contributed by atoms with Gasteiger partial charge in [0.25, 0.3) is 5.56 Å². The van der Waals surface area contributed by atoms with Gasteiger partial charge >= 0.3 is 0 Å². The van der Waals surface area contributed by atoms with Crippen molar-refractivity contribution in [3.8, 4) is 11.1 Å². The van der Waals surface area contributed by atoms with Crippen molar-refractivity contribution in [2.75, 3.05) is 36.5 Å². The summed E-state index contributed by atoms with van der Waals surface area (Å²) in [6, 6.07) is 17.2. The fourth-order valence-corrected chi connectivity index (χ4v) is 4.91. The third-order valence-electron chi connectivity index (χ3n) is 6.04. The maximum absolute atomic E-state index is 13.4. The molecular weight excluding hydrogens is 471 g/mol. The number of halogens is 2. The molecule has 0 aliphatic carbocycles. The summed E-state index contributed by atoms with van der Waals surface area (Å²) in [6.07, 6.45) is 1.76. The number of nitrogens with zero attached hydrogens (tertiary/aromatic N) is 3. The van der Waals surface area contributed by atoms with Crippen molar-refractivity contribution in [2.45, 2.75) is 13.5 Å². The van der Waals surface area contributed by atoms with Crippen LogP contribution in [0.25, 0.3) is 22.0 Å². The molecule has 4 aromatic rings. The van der Waals surface area contributed by atoms with Gasteiger partial charge in [-0.25, -0.2) is 4.98 Å². The van der Waals surface area contributed by atoms with Crippen LogP contribution >= 0.6 is 23.2 Å². The molecule has 0 atom stereocenters. The Labute approximate surface area is 207 Å². The second-order valence-corrected chi connectivity index (χ2v) is 8.92. The number of morpholine rings is 1. The van der Waals surface area contributed by atoms with E-state index < -0.39 is 0 Å². The van der Waals surface area contributed by atoms with Gasteiger partial charge in [0.05, 0.1) is 34.3 Å². The highest BCUT2D eigenvalue weighted by molar-refractivity contribution is 6.39. The fraction of sp³-hybridized carbons (Fsp3) is 0.231. The molecule has 3 heterocycles. The average molecular weight is 495 g/mol. The molecular formula is C26H24Cl2N4O2. The summed E-state index contributed by atoms with van der Waals surface area (Å²) in [4.78, 5) is 20.3. The van der Waals surface area contributed by atoms with Crippen LogP contribution in [0.3, 0.4) is 0 Å². The third kappa shape index (κ3) is 4.37. The number of aryl methyl sites for hydroxylation is 1. The Hall–Kier alpha value is -3.06. The lowest BCUT2D eigenvalue weighted by molar-refractivity contribution is 0.122. The largest absolute Gasteiger partial charge is 0.378 e. The van der Waals surface area contributed by atoms with E-state index in [4.69, 9.17) is 27.9 Å². The lowest BCUT2D eigenvalue weighted by atomic mass is 10.0. The van der Waals surface area contributed by atoms with Crippen molar-refractivity contribution in [1.82, 2.24) is 9.55 Å². The molecule has 0 radical (unpaired) electrons. The predicted octanol–water partition coefficient (Wildman–Crippen LogP) is 5.97. The third-order valence-corrected chi connectivity index (χ3v) is 6.67. The topological polar surface area (TPSA) is 59.4 Å². The smallest absolute Gasteiger partial charge is 0.259 e. The molecule has 2 aromatic heterocycles. The molecule has 174 valence electrons. The Morgan fingerprint density at radius 3 is 2.41 bits per heavy atom. The van der Waals surface area contributed by atoms with Gasteiger partial charge in [-0.1, -0.05) is 29.3 Å². The van der Waals surface area contributed by atoms with Crippen LogP contribution in [-0.4, -0.2) is 35.9 Å². The van der Waals surface area contributed by atoms with Crippen LogP contribution in [0, 0.1) is 0 Å². The Balaban J connectivity index is 1.48. The van der Waals surface area contributed by atoms with Crippen molar-refractivity contribution in [3.63, 3.8) is 0 Å². The van der Waals surface area contributed by atoms with Gasteiger partial charge in [-0.2, -0.15) is 0 Å². The highest BCUT2D eigenvalue weighted by atomic mass is 35.5. The van der Waals surface area contributed by atoms with Gasteiger partial charge in [0.1, 0.15) is 5.82 Å². The zero-order chi connectivity index (χ0) is 23.7. The van der Waals surface area contributed by atoms with Crippen LogP contribution in [0.2, 0.25) is 10.0 Å². The summed E-state index contributed by atoms with van der Waals surface area (Å²) in [5.74, 6) is 0.664. The van der Waals surface area contributed by atoms with Crippen LogP contribution in [0.1, 0.15) is 6.92 Å². The summed E-state index contributed by atoms with van der Waals surface area (Å²) < 4.78 is 7.15. The Kier molecular flexibility index (Phi) is 6.46. The van der Waals surface area contributed by atoms with E-state index in [0.29, 0.717) is 33.5 Å². The van der Waals surface area contributed by atoms with Gasteiger partial charge < -0.3 is 19.5 Å². The lowest BCUT2D eigenvalue weighted by Crippen LogP contribution is -2.36. The number of nitrogens with one attached hydrogen (secondary N) is 1. The Bertz CT molecular complexity index is 1380. The van der Waals surface area contributed by atoms with Gasteiger partial charge in [0.2, 0.25) is 0 Å². The van der Waals surface area contributed by atoms with Gasteiger partial charge in [-0.15, -0.1) is 0 Å². The highest BCUT2D eigenvalue weighted by Gasteiger charge is 2.16. The molecule has 6 nitrogen and oxygen atoms in total. The minimum Gasteiger partial charge on any atom is -0.378 e. The molecule has 0 amide bonds. The second-order valence-electron chi connectivity index (χ2n) is 8.10. The van der Waals surface area contributed by atoms with E-state index in [0.717, 1.165) is 42.9 Å². The van der Waals surface area contributed by atoms with Crippen LogP contribution in [-0.2, 0) is 11.3 Å². The molecule has 1 aliphatic heterocycles. The summed E-state index contributed by atoms with van der Waals surface area (Å²) in [6.45, 7) is 5.75. The number of benzene rings is 2. The molecule has 1 fully saturated rings. The zero-order valence-electron chi connectivity index (χ0n) is 18.7. The molecule has 0 spiro atoms. The molecule has 34 heavy (non-hydrogen) atoms. The van der Waals surface area contributed by atoms with Crippen molar-refractivity contribution in [2.24, 2.45) is 0 Å². The molecule has 8 heteroatoms. The van der Waals surface area contributed by atoms with E-state index in [1.165, 1.54) is 5.69 Å². The van der Waals surface area contributed by atoms with E-state index in [2.05, 4.69) is 27.3 Å². The molecule has 1 aliphatic rings. The molecule has 2 aromatic carbocycles. The first kappa shape index (κ1) is 22.7. The quantitative estimate of drug-likeness (QED) is 0.370. The Morgan fingerprint density at radius 2 is 1.74 bits per heavy atom. The molecule has 1 N–H and O–H groups in total. The maximum Gasteiger partial charge on any atom is 0.259 e. The molecule has 0 saturated carbocycles. The normalized spacial score (nSPS) is 13.9. The molecule has 1 saturated heterocycles. The van der Waals surface area contributed by atoms with E-state index >= 15 is 0 Å². The highest BCUT2D eigenvalue weighted by Crippen LogP contribution is 2.34. The Morgan fingerprint density at radius 1 is 1.03 bits per heavy atom. The minimum absolute atomic E-state index is 0.142. The standard InChI is InChI=1S/C26H24Cl2N4O2/c1-2-32-23-15-24(30-18-6-8-19(9-7-18)31-10-12-34-13-11-31)29-16-17(23)14-20(26(32)33)25-21(27)4-3-5-22(25)28/h3-9,14-16H,2,10-13H2,1H3,(H,29,30). The van der Waals surface area contributed by atoms with Gasteiger partial charge in [-0.3, -0.25) is 4.79 Å². The number of fused-ring (bicyclic) bond motifs is 1. The predicted molar refractivity (Wildman–Crippen MR) is 140 cm³/mol. The van der Waals surface area contributed by atoms with Crippen molar-refractivity contribution >= 4 is 51.3 Å². The van der Waals surface area contributed by atoms with E-state index in [-0.39, 0.29) is 5.56 Å². The summed E-state index contributed by atoms with van der Waals surface area (Å²) in [7, 11) is 0. The van der Waals surface area contributed by atoms with E-state index in [9.17, 15) is 4.79 Å². The number of hydrogen-bond donors (Lipinski definition) is 1. The van der Waals surface area contributed by atoms with Gasteiger partial charge in [-0.05, 0) is 49.4 Å². The van der Waals surface area contributed by atoms with Gasteiger partial charge in [0, 0.05) is 54.2 Å². The number of anilines is 3. The SMILES string of the molecule is CCn1c(=O)c(-c2c(Cl)cccc2Cl)cc2cnc(Nc3ccc(N4CCOCC4)cc3)cc21. The van der Waals surface area contributed by atoms with Crippen LogP contribution < -0.4 is 15.8 Å². The van der Waals surface area contributed by atoms with E-state index in [1.54, 1.807) is 29.0 Å². The monoisotopic (exact) mass is 494 g/mol. The van der Waals surface area contributed by atoms with E-state index in [1.807, 2.05) is 31.2 Å². The van der Waals surface area contributed by atoms with Gasteiger partial charge in [0.15, 0.2) is 0 Å². The number of rotatable bonds is 5. The summed E-state index contributed by atoms with van der Waals surface area (Å²) in [5, 5.41) is 5.07. The first-order valence-electron chi connectivity index (χ1n) is 11.2. The first-order chi connectivity index (χ1) is 16.5. The van der Waals surface area contributed by atoms with Crippen LogP contribution in [0.4, 0.5) is 17.2 Å². The summed E-state index contributed by atoms with van der Waals surface area (Å²) >= 11 is 12.8. The van der Waals surface area contributed by atoms with Crippen LogP contribution in [0.5, 0.6) is 0 Å². The maximum atomic E-state index is 13.4. The summed E-state index contributed by atoms with van der Waals surface area (Å²) in [5.41, 5.74) is 3.76. The molecule has 0 bridgehead atoms. The first-order valence-corrected chi connectivity index (χ1v) is 12.0. The molecule has 5 rings (SSSR count). The fourth-order valence-electron chi connectivity index (χ4n) is 4.31. The second kappa shape index (κ2) is 9.66. The van der Waals surface area contributed by atoms with Crippen LogP contribution in [0.15, 0.2) is 65.6 Å². The zero-order valence-corrected chi connectivity index (χ0v) is 20.2. The molecule has 0 unspecified atom stereocenters. The lowest BCUT2D eigenvalue weighted by Gasteiger charge is -2.28. The average Bonchev–Trinajstić information content (AvgIpc) is 2.85. The number of hydrogen-bond acceptors (Lipinski definition) is 5. The van der Waals surface area contributed by atoms with Crippen molar-refractivity contribution in [1.29, 1.82) is 0 Å². The van der Waals surface area contributed by atoms with Crippen molar-refractivity contribution < 1.29 is 4.74 Å². The number of pyridine rings is 2. The minimum atomic E-state index is -0.142. The number of ether oxygens (including phenoxy) is 1.